The van der Waals surface area contributed by atoms with Crippen LogP contribution in [0.25, 0.3) is 0 Å². The van der Waals surface area contributed by atoms with Gasteiger partial charge in [-0.3, -0.25) is 0 Å². The molecule has 0 heterocycles. The Kier molecular flexibility index (Phi) is 6.73. The fourth-order valence-electron chi connectivity index (χ4n) is 0.684. The van der Waals surface area contributed by atoms with Crippen LogP contribution >= 0.6 is 15.9 Å². The number of nitrogens with one attached hydrogen (secondary N) is 1. The number of hydrogen-bond donors (Lipinski definition) is 1. The maximum atomic E-state index is 8.16. The smallest absolute Gasteiger partial charge is 0.176 e. The maximum absolute atomic E-state index is 8.16. The third kappa shape index (κ3) is 5.90. The van der Waals surface area contributed by atoms with Gasteiger partial charge in [0, 0.05) is 11.4 Å². The van der Waals surface area contributed by atoms with Gasteiger partial charge in [-0.05, 0) is 6.42 Å². The second-order valence-electron chi connectivity index (χ2n) is 2.23. The SMILES string of the molecule is CCCCC(Br)CNC#N. The fourth-order valence-corrected chi connectivity index (χ4v) is 1.17. The molecule has 0 amide bonds. The minimum atomic E-state index is 0.451. The molecule has 0 aromatic heterocycles. The van der Waals surface area contributed by atoms with E-state index in [4.69, 9.17) is 5.26 Å². The third-order valence-electron chi connectivity index (χ3n) is 1.27. The molecule has 1 unspecified atom stereocenters. The Hall–Kier alpha value is -0.230. The highest BCUT2D eigenvalue weighted by Gasteiger charge is 2.00. The Bertz CT molecular complexity index is 109. The first-order chi connectivity index (χ1) is 4.81. The van der Waals surface area contributed by atoms with Gasteiger partial charge in [-0.1, -0.05) is 35.7 Å². The highest BCUT2D eigenvalue weighted by atomic mass is 79.9. The Morgan fingerprint density at radius 1 is 1.70 bits per heavy atom. The van der Waals surface area contributed by atoms with E-state index in [2.05, 4.69) is 28.2 Å². The molecule has 1 atom stereocenters. The van der Waals surface area contributed by atoms with Gasteiger partial charge in [0.05, 0.1) is 0 Å². The summed E-state index contributed by atoms with van der Waals surface area (Å²) >= 11 is 3.47. The molecule has 0 aliphatic heterocycles. The van der Waals surface area contributed by atoms with Crippen LogP contribution in [0.4, 0.5) is 0 Å². The zero-order chi connectivity index (χ0) is 7.82. The summed E-state index contributed by atoms with van der Waals surface area (Å²) < 4.78 is 0. The molecule has 0 aromatic rings. The molecule has 0 saturated carbocycles. The van der Waals surface area contributed by atoms with Crippen LogP contribution in [0.2, 0.25) is 0 Å². The molecular formula is C7H13BrN2. The van der Waals surface area contributed by atoms with Crippen molar-refractivity contribution in [1.82, 2.24) is 5.32 Å². The summed E-state index contributed by atoms with van der Waals surface area (Å²) in [6.07, 6.45) is 5.48. The number of nitriles is 1. The van der Waals surface area contributed by atoms with Crippen molar-refractivity contribution in [1.29, 1.82) is 5.26 Å². The molecule has 0 aliphatic rings. The van der Waals surface area contributed by atoms with Gasteiger partial charge >= 0.3 is 0 Å². The lowest BCUT2D eigenvalue weighted by Gasteiger charge is -2.05. The highest BCUT2D eigenvalue weighted by Crippen LogP contribution is 2.07. The summed E-state index contributed by atoms with van der Waals surface area (Å²) in [4.78, 5) is 0.451. The molecule has 0 aliphatic carbocycles. The average Bonchev–Trinajstić information content (AvgIpc) is 1.97. The van der Waals surface area contributed by atoms with Crippen molar-refractivity contribution in [3.05, 3.63) is 0 Å². The van der Waals surface area contributed by atoms with E-state index in [1.165, 1.54) is 12.8 Å². The first kappa shape index (κ1) is 9.77. The topological polar surface area (TPSA) is 35.8 Å². The second-order valence-corrected chi connectivity index (χ2v) is 3.53. The zero-order valence-corrected chi connectivity index (χ0v) is 7.82. The molecule has 58 valence electrons. The predicted octanol–water partition coefficient (Wildman–Crippen LogP) is 2.01. The quantitative estimate of drug-likeness (QED) is 0.423. The summed E-state index contributed by atoms with van der Waals surface area (Å²) in [7, 11) is 0. The first-order valence-corrected chi connectivity index (χ1v) is 4.48. The summed E-state index contributed by atoms with van der Waals surface area (Å²) in [5.41, 5.74) is 0. The van der Waals surface area contributed by atoms with Gasteiger partial charge in [0.1, 0.15) is 0 Å². The normalized spacial score (nSPS) is 12.1. The maximum Gasteiger partial charge on any atom is 0.176 e. The standard InChI is InChI=1S/C7H13BrN2/c1-2-3-4-7(8)5-10-6-9/h7,10H,2-5H2,1H3. The molecule has 3 heteroatoms. The third-order valence-corrected chi connectivity index (χ3v) is 2.06. The van der Waals surface area contributed by atoms with Gasteiger partial charge in [-0.2, -0.15) is 5.26 Å². The number of alkyl halides is 1. The van der Waals surface area contributed by atoms with Gasteiger partial charge in [0.25, 0.3) is 0 Å². The van der Waals surface area contributed by atoms with E-state index in [1.54, 1.807) is 0 Å². The van der Waals surface area contributed by atoms with Crippen LogP contribution in [0.5, 0.6) is 0 Å². The van der Waals surface area contributed by atoms with Crippen LogP contribution in [0.1, 0.15) is 26.2 Å². The molecule has 0 radical (unpaired) electrons. The van der Waals surface area contributed by atoms with Crippen molar-refractivity contribution >= 4 is 15.9 Å². The van der Waals surface area contributed by atoms with Crippen molar-refractivity contribution in [2.75, 3.05) is 6.54 Å². The van der Waals surface area contributed by atoms with Gasteiger partial charge in [-0.15, -0.1) is 0 Å². The molecule has 0 bridgehead atoms. The first-order valence-electron chi connectivity index (χ1n) is 3.57. The van der Waals surface area contributed by atoms with Gasteiger partial charge in [-0.25, -0.2) is 0 Å². The van der Waals surface area contributed by atoms with Crippen molar-refractivity contribution in [2.24, 2.45) is 0 Å². The Labute approximate surface area is 70.7 Å². The minimum absolute atomic E-state index is 0.451. The molecule has 0 rings (SSSR count). The summed E-state index contributed by atoms with van der Waals surface area (Å²) in [6, 6.07) is 0. The molecule has 0 saturated heterocycles. The predicted molar refractivity (Wildman–Crippen MR) is 45.9 cm³/mol. The van der Waals surface area contributed by atoms with Crippen LogP contribution in [0.3, 0.4) is 0 Å². The number of halogens is 1. The van der Waals surface area contributed by atoms with E-state index in [-0.39, 0.29) is 0 Å². The van der Waals surface area contributed by atoms with Crippen LogP contribution < -0.4 is 5.32 Å². The van der Waals surface area contributed by atoms with Gasteiger partial charge in [0.15, 0.2) is 6.19 Å². The summed E-state index contributed by atoms with van der Waals surface area (Å²) in [6.45, 7) is 2.91. The minimum Gasteiger partial charge on any atom is -0.323 e. The van der Waals surface area contributed by atoms with Crippen molar-refractivity contribution in [3.8, 4) is 6.19 Å². The van der Waals surface area contributed by atoms with Gasteiger partial charge in [0.2, 0.25) is 0 Å². The largest absolute Gasteiger partial charge is 0.323 e. The van der Waals surface area contributed by atoms with E-state index in [0.717, 1.165) is 13.0 Å². The molecule has 0 aromatic carbocycles. The molecule has 10 heavy (non-hydrogen) atoms. The van der Waals surface area contributed by atoms with Crippen molar-refractivity contribution < 1.29 is 0 Å². The van der Waals surface area contributed by atoms with Crippen molar-refractivity contribution in [2.45, 2.75) is 31.0 Å². The van der Waals surface area contributed by atoms with E-state index in [1.807, 2.05) is 6.19 Å². The van der Waals surface area contributed by atoms with Crippen LogP contribution in [-0.4, -0.2) is 11.4 Å². The molecule has 1 N–H and O–H groups in total. The zero-order valence-electron chi connectivity index (χ0n) is 6.23. The monoisotopic (exact) mass is 204 g/mol. The molecular weight excluding hydrogens is 192 g/mol. The van der Waals surface area contributed by atoms with Crippen molar-refractivity contribution in [3.63, 3.8) is 0 Å². The molecule has 2 nitrogen and oxygen atoms in total. The van der Waals surface area contributed by atoms with Crippen LogP contribution in [0, 0.1) is 11.5 Å². The average molecular weight is 205 g/mol. The van der Waals surface area contributed by atoms with Gasteiger partial charge < -0.3 is 5.32 Å². The second kappa shape index (κ2) is 6.88. The lowest BCUT2D eigenvalue weighted by Crippen LogP contribution is -2.17. The number of hydrogen-bond acceptors (Lipinski definition) is 2. The van der Waals surface area contributed by atoms with E-state index in [0.29, 0.717) is 4.83 Å². The summed E-state index contributed by atoms with van der Waals surface area (Å²) in [5.74, 6) is 0. The van der Waals surface area contributed by atoms with E-state index in [9.17, 15) is 0 Å². The number of unbranched alkanes of at least 4 members (excludes halogenated alkanes) is 1. The molecule has 0 spiro atoms. The Morgan fingerprint density at radius 3 is 2.90 bits per heavy atom. The molecule has 0 fully saturated rings. The number of rotatable bonds is 5. The fraction of sp³-hybridized carbons (Fsp3) is 0.857. The Balaban J connectivity index is 3.10. The van der Waals surface area contributed by atoms with Crippen LogP contribution in [0.15, 0.2) is 0 Å². The summed E-state index contributed by atoms with van der Waals surface area (Å²) in [5, 5.41) is 10.8. The van der Waals surface area contributed by atoms with Crippen LogP contribution in [-0.2, 0) is 0 Å². The highest BCUT2D eigenvalue weighted by molar-refractivity contribution is 9.09. The Morgan fingerprint density at radius 2 is 2.40 bits per heavy atom. The lowest BCUT2D eigenvalue weighted by atomic mass is 10.2. The number of nitrogens with zero attached hydrogens (tertiary/aromatic N) is 1. The van der Waals surface area contributed by atoms with E-state index >= 15 is 0 Å². The lowest BCUT2D eigenvalue weighted by molar-refractivity contribution is 0.669. The van der Waals surface area contributed by atoms with E-state index < -0.39 is 0 Å².